The molecule has 0 radical (unpaired) electrons. The van der Waals surface area contributed by atoms with Crippen molar-refractivity contribution < 1.29 is 13.9 Å². The highest BCUT2D eigenvalue weighted by molar-refractivity contribution is 5.83. The lowest BCUT2D eigenvalue weighted by atomic mass is 10.2. The van der Waals surface area contributed by atoms with E-state index in [1.807, 2.05) is 11.0 Å². The number of piperazine rings is 1. The van der Waals surface area contributed by atoms with Gasteiger partial charge in [-0.15, -0.1) is 10.2 Å². The van der Waals surface area contributed by atoms with Crippen LogP contribution >= 0.6 is 0 Å². The molecular weight excluding hydrogens is 349 g/mol. The summed E-state index contributed by atoms with van der Waals surface area (Å²) in [6.07, 6.45) is -0.567. The molecule has 1 aliphatic rings. The molecule has 1 fully saturated rings. The van der Waals surface area contributed by atoms with Crippen molar-refractivity contribution in [3.05, 3.63) is 42.2 Å². The smallest absolute Gasteiger partial charge is 0.413 e. The summed E-state index contributed by atoms with van der Waals surface area (Å²) in [4.78, 5) is 15.9. The average Bonchev–Trinajstić information content (AvgIpc) is 2.61. The van der Waals surface area contributed by atoms with Crippen molar-refractivity contribution in [2.24, 2.45) is 0 Å². The quantitative estimate of drug-likeness (QED) is 0.890. The SMILES string of the molecule is CC(C)(C)OC(=O)Nc1ccc(N2CCN(c3ccccc3F)CC2)nn1. The first-order valence-corrected chi connectivity index (χ1v) is 8.90. The Labute approximate surface area is 158 Å². The molecule has 0 spiro atoms. The summed E-state index contributed by atoms with van der Waals surface area (Å²) < 4.78 is 19.1. The van der Waals surface area contributed by atoms with Crippen molar-refractivity contribution >= 4 is 23.4 Å². The molecule has 1 aliphatic heterocycles. The molecule has 1 amide bonds. The van der Waals surface area contributed by atoms with Crippen LogP contribution in [0.15, 0.2) is 36.4 Å². The van der Waals surface area contributed by atoms with Crippen molar-refractivity contribution in [3.63, 3.8) is 0 Å². The third-order valence-corrected chi connectivity index (χ3v) is 4.08. The van der Waals surface area contributed by atoms with Crippen LogP contribution in [0.4, 0.5) is 26.5 Å². The molecule has 2 heterocycles. The Kier molecular flexibility index (Phi) is 5.43. The number of nitrogens with zero attached hydrogens (tertiary/aromatic N) is 4. The zero-order chi connectivity index (χ0) is 19.4. The summed E-state index contributed by atoms with van der Waals surface area (Å²) in [7, 11) is 0. The van der Waals surface area contributed by atoms with E-state index in [4.69, 9.17) is 4.74 Å². The summed E-state index contributed by atoms with van der Waals surface area (Å²) in [5, 5.41) is 10.8. The molecule has 7 nitrogen and oxygen atoms in total. The van der Waals surface area contributed by atoms with Gasteiger partial charge < -0.3 is 14.5 Å². The fourth-order valence-electron chi connectivity index (χ4n) is 2.85. The highest BCUT2D eigenvalue weighted by Gasteiger charge is 2.21. The molecular formula is C19H24FN5O2. The molecule has 2 aromatic rings. The van der Waals surface area contributed by atoms with E-state index in [0.29, 0.717) is 37.7 Å². The zero-order valence-corrected chi connectivity index (χ0v) is 15.8. The van der Waals surface area contributed by atoms with Crippen LogP contribution in [0.5, 0.6) is 0 Å². The van der Waals surface area contributed by atoms with Gasteiger partial charge in [0.15, 0.2) is 11.6 Å². The lowest BCUT2D eigenvalue weighted by Crippen LogP contribution is -2.47. The van der Waals surface area contributed by atoms with Crippen LogP contribution < -0.4 is 15.1 Å². The monoisotopic (exact) mass is 373 g/mol. The number of aromatic nitrogens is 2. The normalized spacial score (nSPS) is 14.8. The van der Waals surface area contributed by atoms with Crippen LogP contribution in [0.25, 0.3) is 0 Å². The largest absolute Gasteiger partial charge is 0.444 e. The van der Waals surface area contributed by atoms with E-state index < -0.39 is 11.7 Å². The van der Waals surface area contributed by atoms with Crippen molar-refractivity contribution in [1.29, 1.82) is 0 Å². The van der Waals surface area contributed by atoms with Crippen molar-refractivity contribution in [3.8, 4) is 0 Å². The lowest BCUT2D eigenvalue weighted by molar-refractivity contribution is 0.0635. The van der Waals surface area contributed by atoms with Crippen LogP contribution in [0.3, 0.4) is 0 Å². The molecule has 1 aromatic carbocycles. The third-order valence-electron chi connectivity index (χ3n) is 4.08. The second kappa shape index (κ2) is 7.77. The summed E-state index contributed by atoms with van der Waals surface area (Å²) in [5.74, 6) is 0.847. The topological polar surface area (TPSA) is 70.6 Å². The summed E-state index contributed by atoms with van der Waals surface area (Å²) in [6.45, 7) is 8.19. The second-order valence-corrected chi connectivity index (χ2v) is 7.33. The van der Waals surface area contributed by atoms with Crippen LogP contribution in [0.1, 0.15) is 20.8 Å². The fraction of sp³-hybridized carbons (Fsp3) is 0.421. The molecule has 0 aliphatic carbocycles. The number of nitrogens with one attached hydrogen (secondary N) is 1. The second-order valence-electron chi connectivity index (χ2n) is 7.33. The van der Waals surface area contributed by atoms with Gasteiger partial charge in [-0.1, -0.05) is 12.1 Å². The molecule has 1 aromatic heterocycles. The summed E-state index contributed by atoms with van der Waals surface area (Å²) in [6, 6.07) is 10.3. The van der Waals surface area contributed by atoms with Gasteiger partial charge in [0.1, 0.15) is 11.4 Å². The number of rotatable bonds is 3. The Morgan fingerprint density at radius 2 is 1.70 bits per heavy atom. The number of amides is 1. The zero-order valence-electron chi connectivity index (χ0n) is 15.8. The number of hydrogen-bond donors (Lipinski definition) is 1. The fourth-order valence-corrected chi connectivity index (χ4v) is 2.85. The van der Waals surface area contributed by atoms with Gasteiger partial charge in [0.05, 0.1) is 5.69 Å². The highest BCUT2D eigenvalue weighted by Crippen LogP contribution is 2.22. The Hall–Kier alpha value is -2.90. The highest BCUT2D eigenvalue weighted by atomic mass is 19.1. The van der Waals surface area contributed by atoms with E-state index in [0.717, 1.165) is 5.82 Å². The molecule has 3 rings (SSSR count). The van der Waals surface area contributed by atoms with Crippen molar-refractivity contribution in [2.75, 3.05) is 41.3 Å². The lowest BCUT2D eigenvalue weighted by Gasteiger charge is -2.36. The van der Waals surface area contributed by atoms with E-state index in [1.165, 1.54) is 6.07 Å². The molecule has 0 atom stereocenters. The molecule has 1 saturated heterocycles. The van der Waals surface area contributed by atoms with Crippen LogP contribution in [-0.2, 0) is 4.74 Å². The van der Waals surface area contributed by atoms with Gasteiger partial charge in [0.2, 0.25) is 0 Å². The Bertz CT molecular complexity index is 783. The van der Waals surface area contributed by atoms with Gasteiger partial charge in [0, 0.05) is 26.2 Å². The molecule has 1 N–H and O–H groups in total. The number of hydrogen-bond acceptors (Lipinski definition) is 6. The van der Waals surface area contributed by atoms with Crippen LogP contribution in [0, 0.1) is 5.82 Å². The van der Waals surface area contributed by atoms with Crippen molar-refractivity contribution in [1.82, 2.24) is 10.2 Å². The molecule has 8 heteroatoms. The Morgan fingerprint density at radius 3 is 2.30 bits per heavy atom. The standard InChI is InChI=1S/C19H24FN5O2/c1-19(2,3)27-18(26)21-16-8-9-17(23-22-16)25-12-10-24(11-13-25)15-7-5-4-6-14(15)20/h4-9H,10-13H2,1-3H3,(H,21,22,26). The first kappa shape index (κ1) is 18.9. The number of anilines is 3. The first-order valence-electron chi connectivity index (χ1n) is 8.90. The van der Waals surface area contributed by atoms with Gasteiger partial charge in [-0.25, -0.2) is 9.18 Å². The van der Waals surface area contributed by atoms with E-state index in [2.05, 4.69) is 20.4 Å². The van der Waals surface area contributed by atoms with Gasteiger partial charge in [-0.05, 0) is 45.0 Å². The minimum Gasteiger partial charge on any atom is -0.444 e. The summed E-state index contributed by atoms with van der Waals surface area (Å²) >= 11 is 0. The molecule has 0 bridgehead atoms. The predicted molar refractivity (Wildman–Crippen MR) is 103 cm³/mol. The van der Waals surface area contributed by atoms with E-state index in [9.17, 15) is 9.18 Å². The minimum atomic E-state index is -0.574. The van der Waals surface area contributed by atoms with Crippen LogP contribution in [0.2, 0.25) is 0 Å². The van der Waals surface area contributed by atoms with Gasteiger partial charge in [-0.3, -0.25) is 5.32 Å². The maximum Gasteiger partial charge on any atom is 0.413 e. The third kappa shape index (κ3) is 5.06. The first-order chi connectivity index (χ1) is 12.8. The van der Waals surface area contributed by atoms with E-state index >= 15 is 0 Å². The van der Waals surface area contributed by atoms with Gasteiger partial charge in [0.25, 0.3) is 0 Å². The number of carbonyl (C=O) groups is 1. The Balaban J connectivity index is 1.56. The van der Waals surface area contributed by atoms with Gasteiger partial charge in [-0.2, -0.15) is 0 Å². The van der Waals surface area contributed by atoms with Crippen molar-refractivity contribution in [2.45, 2.75) is 26.4 Å². The number of carbonyl (C=O) groups excluding carboxylic acids is 1. The Morgan fingerprint density at radius 1 is 1.04 bits per heavy atom. The maximum atomic E-state index is 13.9. The maximum absolute atomic E-state index is 13.9. The number of para-hydroxylation sites is 1. The number of halogens is 1. The van der Waals surface area contributed by atoms with E-state index in [1.54, 1.807) is 45.0 Å². The molecule has 0 saturated carbocycles. The molecule has 0 unspecified atom stereocenters. The molecule has 27 heavy (non-hydrogen) atoms. The number of ether oxygens (including phenoxy) is 1. The summed E-state index contributed by atoms with van der Waals surface area (Å²) in [5.41, 5.74) is 0.0511. The number of benzene rings is 1. The minimum absolute atomic E-state index is 0.205. The molecule has 144 valence electrons. The van der Waals surface area contributed by atoms with Crippen LogP contribution in [-0.4, -0.2) is 48.1 Å². The predicted octanol–water partition coefficient (Wildman–Crippen LogP) is 3.29. The average molecular weight is 373 g/mol. The van der Waals surface area contributed by atoms with E-state index in [-0.39, 0.29) is 5.82 Å². The van der Waals surface area contributed by atoms with Gasteiger partial charge >= 0.3 is 6.09 Å².